The highest BCUT2D eigenvalue weighted by molar-refractivity contribution is 7.71. The molecule has 0 amide bonds. The fourth-order valence-corrected chi connectivity index (χ4v) is 2.90. The Morgan fingerprint density at radius 3 is 2.58 bits per heavy atom. The Kier molecular flexibility index (Phi) is 3.24. The van der Waals surface area contributed by atoms with Crippen LogP contribution in [0.5, 0.6) is 0 Å². The number of aromatic nitrogens is 3. The van der Waals surface area contributed by atoms with E-state index in [0.29, 0.717) is 22.2 Å². The second kappa shape index (κ2) is 5.43. The zero-order valence-corrected chi connectivity index (χ0v) is 13.0. The Hall–Kier alpha value is -3.26. The third-order valence-corrected chi connectivity index (χ3v) is 3.89. The summed E-state index contributed by atoms with van der Waals surface area (Å²) >= 11 is 4.93. The van der Waals surface area contributed by atoms with Crippen LogP contribution in [0.1, 0.15) is 0 Å². The van der Waals surface area contributed by atoms with E-state index in [0.717, 1.165) is 5.56 Å². The summed E-state index contributed by atoms with van der Waals surface area (Å²) < 4.78 is 5.41. The predicted molar refractivity (Wildman–Crippen MR) is 91.1 cm³/mol. The van der Waals surface area contributed by atoms with Gasteiger partial charge in [-0.3, -0.25) is 10.1 Å². The van der Waals surface area contributed by atoms with Crippen molar-refractivity contribution in [2.75, 3.05) is 0 Å². The summed E-state index contributed by atoms with van der Waals surface area (Å²) in [5.74, 6) is 0.254. The number of nitro benzene ring substituents is 1. The van der Waals surface area contributed by atoms with E-state index in [2.05, 4.69) is 15.2 Å². The Labute approximate surface area is 140 Å². The predicted octanol–water partition coefficient (Wildman–Crippen LogP) is 4.46. The number of nitro groups is 1. The molecule has 24 heavy (non-hydrogen) atoms. The van der Waals surface area contributed by atoms with Gasteiger partial charge in [-0.1, -0.05) is 36.4 Å². The van der Waals surface area contributed by atoms with Crippen LogP contribution in [0.25, 0.3) is 33.6 Å². The van der Waals surface area contributed by atoms with Crippen LogP contribution < -0.4 is 0 Å². The van der Waals surface area contributed by atoms with Crippen LogP contribution in [0.3, 0.4) is 0 Å². The number of H-pyrrole nitrogens is 2. The lowest BCUT2D eigenvalue weighted by Gasteiger charge is -2.02. The lowest BCUT2D eigenvalue weighted by molar-refractivity contribution is -0.383. The summed E-state index contributed by atoms with van der Waals surface area (Å²) in [5, 5.41) is 18.6. The smallest absolute Gasteiger partial charge is 0.284 e. The molecule has 4 aromatic rings. The van der Waals surface area contributed by atoms with Crippen LogP contribution in [-0.4, -0.2) is 20.1 Å². The summed E-state index contributed by atoms with van der Waals surface area (Å²) in [5.41, 5.74) is 2.66. The Balaban J connectivity index is 2.15. The molecule has 0 fully saturated rings. The molecule has 2 aromatic heterocycles. The summed E-state index contributed by atoms with van der Waals surface area (Å²) in [7, 11) is 0. The lowest BCUT2D eigenvalue weighted by atomic mass is 10.0. The number of fused-ring (bicyclic) bond motifs is 1. The number of hydrogen-bond acceptors (Lipinski definition) is 5. The molecule has 2 aromatic carbocycles. The van der Waals surface area contributed by atoms with E-state index in [9.17, 15) is 10.1 Å². The summed E-state index contributed by atoms with van der Waals surface area (Å²) in [6.45, 7) is 0. The van der Waals surface area contributed by atoms with Crippen molar-refractivity contribution >= 4 is 28.8 Å². The van der Waals surface area contributed by atoms with Crippen molar-refractivity contribution in [3.63, 3.8) is 0 Å². The van der Waals surface area contributed by atoms with Gasteiger partial charge in [-0.05, 0) is 23.8 Å². The van der Waals surface area contributed by atoms with Crippen molar-refractivity contribution in [1.29, 1.82) is 0 Å². The normalized spacial score (nSPS) is 11.0. The number of non-ortho nitro benzene ring substituents is 1. The molecule has 0 saturated carbocycles. The summed E-state index contributed by atoms with van der Waals surface area (Å²) in [6.07, 6.45) is 0. The van der Waals surface area contributed by atoms with E-state index in [1.54, 1.807) is 12.1 Å². The first-order valence-corrected chi connectivity index (χ1v) is 7.46. The molecule has 0 aliphatic carbocycles. The van der Waals surface area contributed by atoms with Gasteiger partial charge in [-0.25, -0.2) is 5.10 Å². The molecular formula is C16H10N4O3S. The van der Waals surface area contributed by atoms with Gasteiger partial charge in [-0.15, -0.1) is 5.10 Å². The minimum absolute atomic E-state index is 0.0167. The number of benzene rings is 2. The number of nitrogens with zero attached hydrogens (tertiary/aromatic N) is 2. The zero-order valence-electron chi connectivity index (χ0n) is 12.1. The topological polar surface area (TPSA) is 101 Å². The van der Waals surface area contributed by atoms with Crippen LogP contribution in [0.15, 0.2) is 52.9 Å². The number of nitrogens with one attached hydrogen (secondary N) is 2. The molecule has 0 radical (unpaired) electrons. The van der Waals surface area contributed by atoms with Gasteiger partial charge in [-0.2, -0.15) is 0 Å². The molecule has 7 nitrogen and oxygen atoms in total. The van der Waals surface area contributed by atoms with Crippen LogP contribution in [0.4, 0.5) is 5.69 Å². The van der Waals surface area contributed by atoms with Crippen LogP contribution in [0, 0.1) is 15.0 Å². The van der Waals surface area contributed by atoms with Crippen LogP contribution >= 0.6 is 12.2 Å². The third kappa shape index (κ3) is 2.20. The highest BCUT2D eigenvalue weighted by Gasteiger charge is 2.24. The third-order valence-electron chi connectivity index (χ3n) is 3.71. The van der Waals surface area contributed by atoms with Crippen LogP contribution in [-0.2, 0) is 0 Å². The Morgan fingerprint density at radius 1 is 1.12 bits per heavy atom. The molecule has 0 aliphatic rings. The van der Waals surface area contributed by atoms with Crippen LogP contribution in [0.2, 0.25) is 0 Å². The van der Waals surface area contributed by atoms with Crippen molar-refractivity contribution < 1.29 is 9.34 Å². The standard InChI is InChI=1S/C16H10N4O3S/c21-20(22)11-8-4-7-10-13(11)12(9-5-2-1-3-6-9)14(17-10)15-18-19-16(24)23-15/h1-8,17H,(H,19,24). The van der Waals surface area contributed by atoms with E-state index in [1.807, 2.05) is 30.3 Å². The molecule has 4 rings (SSSR count). The first-order valence-electron chi connectivity index (χ1n) is 7.05. The monoisotopic (exact) mass is 338 g/mol. The van der Waals surface area contributed by atoms with Gasteiger partial charge in [0.05, 0.1) is 15.8 Å². The maximum absolute atomic E-state index is 11.5. The molecule has 0 spiro atoms. The maximum atomic E-state index is 11.5. The molecular weight excluding hydrogens is 328 g/mol. The molecule has 0 saturated heterocycles. The van der Waals surface area contributed by atoms with Gasteiger partial charge in [0.1, 0.15) is 5.69 Å². The van der Waals surface area contributed by atoms with Crippen molar-refractivity contribution in [1.82, 2.24) is 15.2 Å². The SMILES string of the molecule is O=[N+]([O-])c1cccc2[nH]c(-c3n[nH]c(=S)o3)c(-c3ccccc3)c12. The van der Waals surface area contributed by atoms with Crippen molar-refractivity contribution in [2.45, 2.75) is 0 Å². The van der Waals surface area contributed by atoms with Crippen molar-refractivity contribution in [3.05, 3.63) is 63.5 Å². The van der Waals surface area contributed by atoms with E-state index in [4.69, 9.17) is 16.6 Å². The Morgan fingerprint density at radius 2 is 1.92 bits per heavy atom. The van der Waals surface area contributed by atoms with Gasteiger partial charge < -0.3 is 9.40 Å². The van der Waals surface area contributed by atoms with Gasteiger partial charge in [0.15, 0.2) is 0 Å². The number of aromatic amines is 2. The van der Waals surface area contributed by atoms with Gasteiger partial charge >= 0.3 is 0 Å². The molecule has 118 valence electrons. The van der Waals surface area contributed by atoms with E-state index in [1.165, 1.54) is 6.07 Å². The quantitative estimate of drug-likeness (QED) is 0.326. The second-order valence-corrected chi connectivity index (χ2v) is 5.49. The highest BCUT2D eigenvalue weighted by atomic mass is 32.1. The minimum atomic E-state index is -0.396. The maximum Gasteiger partial charge on any atom is 0.284 e. The van der Waals surface area contributed by atoms with Gasteiger partial charge in [0, 0.05) is 11.6 Å². The van der Waals surface area contributed by atoms with Gasteiger partial charge in [0.2, 0.25) is 0 Å². The molecule has 0 unspecified atom stereocenters. The average Bonchev–Trinajstić information content (AvgIpc) is 3.18. The molecule has 0 aliphatic heterocycles. The lowest BCUT2D eigenvalue weighted by Crippen LogP contribution is -1.89. The molecule has 8 heteroatoms. The second-order valence-electron chi connectivity index (χ2n) is 5.12. The molecule has 0 atom stereocenters. The number of rotatable bonds is 3. The molecule has 2 heterocycles. The van der Waals surface area contributed by atoms with Crippen molar-refractivity contribution in [3.8, 4) is 22.7 Å². The fourth-order valence-electron chi connectivity index (χ4n) is 2.77. The van der Waals surface area contributed by atoms with Gasteiger partial charge in [0.25, 0.3) is 16.4 Å². The first-order chi connectivity index (χ1) is 11.6. The zero-order chi connectivity index (χ0) is 16.7. The average molecular weight is 338 g/mol. The molecule has 2 N–H and O–H groups in total. The van der Waals surface area contributed by atoms with E-state index < -0.39 is 4.92 Å². The summed E-state index contributed by atoms with van der Waals surface area (Å²) in [4.78, 5) is 14.4. The fraction of sp³-hybridized carbons (Fsp3) is 0. The van der Waals surface area contributed by atoms with Crippen molar-refractivity contribution in [2.24, 2.45) is 0 Å². The number of hydrogen-bond donors (Lipinski definition) is 2. The molecule has 0 bridgehead atoms. The Bertz CT molecular complexity index is 1110. The minimum Gasteiger partial charge on any atom is -0.408 e. The van der Waals surface area contributed by atoms with E-state index in [-0.39, 0.29) is 16.4 Å². The van der Waals surface area contributed by atoms with E-state index >= 15 is 0 Å². The highest BCUT2D eigenvalue weighted by Crippen LogP contribution is 2.41. The summed E-state index contributed by atoms with van der Waals surface area (Å²) in [6, 6.07) is 14.3. The largest absolute Gasteiger partial charge is 0.408 e. The first kappa shape index (κ1) is 14.3.